The Hall–Kier alpha value is -0.780. The zero-order valence-electron chi connectivity index (χ0n) is 8.90. The van der Waals surface area contributed by atoms with Crippen molar-refractivity contribution < 1.29 is 0 Å². The van der Waals surface area contributed by atoms with Crippen LogP contribution in [0.5, 0.6) is 0 Å². The Morgan fingerprint density at radius 1 is 1.50 bits per heavy atom. The molecule has 0 saturated heterocycles. The zero-order chi connectivity index (χ0) is 11.4. The molecule has 0 aliphatic carbocycles. The number of hydrogen-bond donors (Lipinski definition) is 1. The fraction of sp³-hybridized carbons (Fsp3) is 0.273. The minimum atomic E-state index is 0.858. The van der Waals surface area contributed by atoms with Gasteiger partial charge in [0.05, 0.1) is 10.6 Å². The van der Waals surface area contributed by atoms with Gasteiger partial charge in [0.1, 0.15) is 5.82 Å². The molecule has 0 spiro atoms. The van der Waals surface area contributed by atoms with Gasteiger partial charge in [-0.2, -0.15) is 0 Å². The van der Waals surface area contributed by atoms with Crippen molar-refractivity contribution in [1.82, 2.24) is 15.3 Å². The van der Waals surface area contributed by atoms with Crippen molar-refractivity contribution in [3.05, 3.63) is 34.0 Å². The molecule has 2 aromatic rings. The molecule has 0 unspecified atom stereocenters. The average molecular weight is 298 g/mol. The van der Waals surface area contributed by atoms with Crippen LogP contribution in [0.15, 0.2) is 28.2 Å². The molecule has 2 heterocycles. The lowest BCUT2D eigenvalue weighted by Crippen LogP contribution is -2.12. The number of nitrogens with one attached hydrogen (secondary N) is 1. The Balaban J connectivity index is 2.22. The predicted octanol–water partition coefficient (Wildman–Crippen LogP) is 2.73. The smallest absolute Gasteiger partial charge is 0.130 e. The second kappa shape index (κ2) is 5.52. The van der Waals surface area contributed by atoms with Crippen LogP contribution in [0.4, 0.5) is 0 Å². The van der Waals surface area contributed by atoms with E-state index in [2.05, 4.69) is 42.7 Å². The number of nitrogens with zero attached hydrogens (tertiary/aromatic N) is 2. The molecule has 2 aromatic heterocycles. The van der Waals surface area contributed by atoms with Gasteiger partial charge in [0.2, 0.25) is 0 Å². The summed E-state index contributed by atoms with van der Waals surface area (Å²) in [6.45, 7) is 0.900. The minimum absolute atomic E-state index is 0.858. The summed E-state index contributed by atoms with van der Waals surface area (Å²) in [5, 5.41) is 5.15. The number of rotatable bonds is 4. The van der Waals surface area contributed by atoms with Crippen molar-refractivity contribution in [2.45, 2.75) is 6.42 Å². The third-order valence-corrected chi connectivity index (χ3v) is 3.84. The van der Waals surface area contributed by atoms with Gasteiger partial charge in [-0.3, -0.25) is 0 Å². The normalized spacial score (nSPS) is 10.6. The lowest BCUT2D eigenvalue weighted by Gasteiger charge is -2.01. The highest BCUT2D eigenvalue weighted by atomic mass is 79.9. The van der Waals surface area contributed by atoms with E-state index in [9.17, 15) is 0 Å². The molecular formula is C11H12BrN3S. The van der Waals surface area contributed by atoms with Crippen LogP contribution in [0.25, 0.3) is 10.6 Å². The summed E-state index contributed by atoms with van der Waals surface area (Å²) >= 11 is 5.13. The van der Waals surface area contributed by atoms with Crippen molar-refractivity contribution in [3.63, 3.8) is 0 Å². The molecule has 0 bridgehead atoms. The van der Waals surface area contributed by atoms with Crippen LogP contribution < -0.4 is 5.32 Å². The van der Waals surface area contributed by atoms with Crippen LogP contribution >= 0.6 is 27.3 Å². The molecule has 5 heteroatoms. The van der Waals surface area contributed by atoms with Gasteiger partial charge >= 0.3 is 0 Å². The number of halogens is 1. The zero-order valence-corrected chi connectivity index (χ0v) is 11.3. The van der Waals surface area contributed by atoms with Crippen molar-refractivity contribution in [2.24, 2.45) is 0 Å². The summed E-state index contributed by atoms with van der Waals surface area (Å²) < 4.78 is 1.10. The predicted molar refractivity (Wildman–Crippen MR) is 70.7 cm³/mol. The maximum Gasteiger partial charge on any atom is 0.130 e. The van der Waals surface area contributed by atoms with Crippen LogP contribution in [0, 0.1) is 0 Å². The lowest BCUT2D eigenvalue weighted by atomic mass is 10.3. The monoisotopic (exact) mass is 297 g/mol. The first-order chi connectivity index (χ1) is 7.79. The molecule has 0 amide bonds. The summed E-state index contributed by atoms with van der Waals surface area (Å²) in [6, 6.07) is 4.02. The largest absolute Gasteiger partial charge is 0.319 e. The summed E-state index contributed by atoms with van der Waals surface area (Å²) in [6.07, 6.45) is 2.68. The van der Waals surface area contributed by atoms with Gasteiger partial charge < -0.3 is 5.32 Å². The highest BCUT2D eigenvalue weighted by Gasteiger charge is 2.04. The molecule has 1 N–H and O–H groups in total. The standard InChI is InChI=1S/C11H12BrN3S/c1-13-4-3-11-14-5-2-9(15-11)10-6-8(12)7-16-10/h2,5-7,13H,3-4H2,1H3. The van der Waals surface area contributed by atoms with Gasteiger partial charge in [-0.25, -0.2) is 9.97 Å². The Morgan fingerprint density at radius 2 is 2.38 bits per heavy atom. The number of likely N-dealkylation sites (N-methyl/N-ethyl adjacent to an activating group) is 1. The quantitative estimate of drug-likeness (QED) is 0.943. The molecule has 0 radical (unpaired) electrons. The molecule has 84 valence electrons. The topological polar surface area (TPSA) is 37.8 Å². The van der Waals surface area contributed by atoms with Crippen molar-refractivity contribution >= 4 is 27.3 Å². The van der Waals surface area contributed by atoms with Gasteiger partial charge in [-0.05, 0) is 35.1 Å². The lowest BCUT2D eigenvalue weighted by molar-refractivity contribution is 0.756. The molecule has 0 fully saturated rings. The molecule has 2 rings (SSSR count). The number of hydrogen-bond acceptors (Lipinski definition) is 4. The van der Waals surface area contributed by atoms with Crippen molar-refractivity contribution in [2.75, 3.05) is 13.6 Å². The Labute approximate surface area is 107 Å². The molecule has 16 heavy (non-hydrogen) atoms. The van der Waals surface area contributed by atoms with E-state index in [0.717, 1.165) is 29.0 Å². The maximum atomic E-state index is 4.53. The van der Waals surface area contributed by atoms with Gasteiger partial charge in [0, 0.05) is 29.0 Å². The average Bonchev–Trinajstić information content (AvgIpc) is 2.74. The number of aromatic nitrogens is 2. The van der Waals surface area contributed by atoms with Gasteiger partial charge in [-0.15, -0.1) is 11.3 Å². The first-order valence-electron chi connectivity index (χ1n) is 5.00. The Kier molecular flexibility index (Phi) is 4.04. The fourth-order valence-electron chi connectivity index (χ4n) is 1.34. The van der Waals surface area contributed by atoms with Crippen LogP contribution in [-0.4, -0.2) is 23.6 Å². The van der Waals surface area contributed by atoms with Gasteiger partial charge in [0.25, 0.3) is 0 Å². The molecule has 0 saturated carbocycles. The third kappa shape index (κ3) is 2.87. The van der Waals surface area contributed by atoms with E-state index in [1.807, 2.05) is 19.3 Å². The van der Waals surface area contributed by atoms with Crippen LogP contribution in [0.3, 0.4) is 0 Å². The third-order valence-electron chi connectivity index (χ3n) is 2.12. The van der Waals surface area contributed by atoms with Gasteiger partial charge in [-0.1, -0.05) is 0 Å². The first-order valence-corrected chi connectivity index (χ1v) is 6.68. The van der Waals surface area contributed by atoms with Crippen LogP contribution in [0.1, 0.15) is 5.82 Å². The first kappa shape index (κ1) is 11.7. The Bertz CT molecular complexity index is 470. The Morgan fingerprint density at radius 3 is 3.06 bits per heavy atom. The molecule has 0 aliphatic rings. The highest BCUT2D eigenvalue weighted by molar-refractivity contribution is 9.10. The van der Waals surface area contributed by atoms with E-state index in [4.69, 9.17) is 0 Å². The van der Waals surface area contributed by atoms with E-state index in [1.165, 1.54) is 4.88 Å². The van der Waals surface area contributed by atoms with E-state index in [0.29, 0.717) is 0 Å². The highest BCUT2D eigenvalue weighted by Crippen LogP contribution is 2.28. The van der Waals surface area contributed by atoms with E-state index in [-0.39, 0.29) is 0 Å². The minimum Gasteiger partial charge on any atom is -0.319 e. The van der Waals surface area contributed by atoms with Crippen LogP contribution in [-0.2, 0) is 6.42 Å². The molecular weight excluding hydrogens is 286 g/mol. The molecule has 0 aliphatic heterocycles. The summed E-state index contributed by atoms with van der Waals surface area (Å²) in [7, 11) is 1.93. The second-order valence-corrected chi connectivity index (χ2v) is 5.17. The van der Waals surface area contributed by atoms with Crippen LogP contribution in [0.2, 0.25) is 0 Å². The molecule has 0 aromatic carbocycles. The summed E-state index contributed by atoms with van der Waals surface area (Å²) in [5.41, 5.74) is 0.997. The SMILES string of the molecule is CNCCc1nccc(-c2cc(Br)cs2)n1. The fourth-order valence-corrected chi connectivity index (χ4v) is 2.74. The molecule has 0 atom stereocenters. The van der Waals surface area contributed by atoms with E-state index >= 15 is 0 Å². The van der Waals surface area contributed by atoms with Crippen molar-refractivity contribution in [1.29, 1.82) is 0 Å². The second-order valence-electron chi connectivity index (χ2n) is 3.34. The maximum absolute atomic E-state index is 4.53. The summed E-state index contributed by atoms with van der Waals surface area (Å²) in [4.78, 5) is 9.95. The van der Waals surface area contributed by atoms with E-state index in [1.54, 1.807) is 11.3 Å². The summed E-state index contributed by atoms with van der Waals surface area (Å²) in [5.74, 6) is 0.886. The van der Waals surface area contributed by atoms with Gasteiger partial charge in [0.15, 0.2) is 0 Å². The molecule has 3 nitrogen and oxygen atoms in total. The van der Waals surface area contributed by atoms with Crippen molar-refractivity contribution in [3.8, 4) is 10.6 Å². The van der Waals surface area contributed by atoms with E-state index < -0.39 is 0 Å². The number of thiophene rings is 1.